The molecule has 0 radical (unpaired) electrons. The summed E-state index contributed by atoms with van der Waals surface area (Å²) >= 11 is 0. The number of hydrogen-bond acceptors (Lipinski definition) is 6. The molecule has 2 aromatic heterocycles. The molecule has 7 nitrogen and oxygen atoms in total. The predicted molar refractivity (Wildman–Crippen MR) is 83.4 cm³/mol. The third kappa shape index (κ3) is 4.23. The number of pyridine rings is 1. The van der Waals surface area contributed by atoms with Crippen LogP contribution in [-0.2, 0) is 4.74 Å². The Labute approximate surface area is 134 Å². The zero-order chi connectivity index (χ0) is 16.1. The molecular weight excluding hydrogens is 296 g/mol. The quantitative estimate of drug-likeness (QED) is 0.908. The van der Waals surface area contributed by atoms with Gasteiger partial charge in [0.05, 0.1) is 11.7 Å². The summed E-state index contributed by atoms with van der Waals surface area (Å²) in [7, 11) is 0. The Bertz CT molecular complexity index is 669. The van der Waals surface area contributed by atoms with Crippen molar-refractivity contribution in [1.29, 1.82) is 0 Å². The zero-order valence-electron chi connectivity index (χ0n) is 12.9. The summed E-state index contributed by atoms with van der Waals surface area (Å²) in [5, 5.41) is 2.63. The van der Waals surface area contributed by atoms with Crippen LogP contribution in [0.15, 0.2) is 30.6 Å². The summed E-state index contributed by atoms with van der Waals surface area (Å²) in [6.45, 7) is 3.11. The minimum absolute atomic E-state index is 0.137. The second kappa shape index (κ2) is 7.15. The Kier molecular flexibility index (Phi) is 4.77. The molecule has 23 heavy (non-hydrogen) atoms. The van der Waals surface area contributed by atoms with Crippen LogP contribution in [-0.4, -0.2) is 40.2 Å². The smallest absolute Gasteiger partial charge is 0.259 e. The third-order valence-electron chi connectivity index (χ3n) is 3.46. The van der Waals surface area contributed by atoms with Crippen molar-refractivity contribution in [1.82, 2.24) is 15.0 Å². The zero-order valence-corrected chi connectivity index (χ0v) is 12.9. The van der Waals surface area contributed by atoms with E-state index in [-0.39, 0.29) is 18.0 Å². The minimum atomic E-state index is -0.311. The van der Waals surface area contributed by atoms with Crippen LogP contribution in [0.1, 0.15) is 28.9 Å². The van der Waals surface area contributed by atoms with E-state index in [1.54, 1.807) is 24.4 Å². The molecule has 0 saturated carbocycles. The van der Waals surface area contributed by atoms with Gasteiger partial charge >= 0.3 is 0 Å². The summed E-state index contributed by atoms with van der Waals surface area (Å²) in [6, 6.07) is 5.08. The fourth-order valence-corrected chi connectivity index (χ4v) is 2.24. The van der Waals surface area contributed by atoms with E-state index < -0.39 is 0 Å². The van der Waals surface area contributed by atoms with Crippen LogP contribution in [0, 0.1) is 6.92 Å². The maximum Gasteiger partial charge on any atom is 0.259 e. The molecule has 3 heterocycles. The lowest BCUT2D eigenvalue weighted by Gasteiger charge is -2.10. The highest BCUT2D eigenvalue weighted by Crippen LogP contribution is 2.15. The number of anilines is 1. The highest BCUT2D eigenvalue weighted by atomic mass is 16.5. The predicted octanol–water partition coefficient (Wildman–Crippen LogP) is 1.99. The van der Waals surface area contributed by atoms with Crippen LogP contribution in [0.5, 0.6) is 5.88 Å². The third-order valence-corrected chi connectivity index (χ3v) is 3.46. The fourth-order valence-electron chi connectivity index (χ4n) is 2.24. The lowest BCUT2D eigenvalue weighted by Crippen LogP contribution is -2.17. The van der Waals surface area contributed by atoms with Gasteiger partial charge in [0.25, 0.3) is 5.91 Å². The normalized spacial score (nSPS) is 17.0. The average Bonchev–Trinajstić information content (AvgIpc) is 3.07. The van der Waals surface area contributed by atoms with E-state index in [0.717, 1.165) is 25.1 Å². The van der Waals surface area contributed by atoms with Crippen LogP contribution in [0.2, 0.25) is 0 Å². The van der Waals surface area contributed by atoms with Gasteiger partial charge in [0.1, 0.15) is 6.61 Å². The van der Waals surface area contributed by atoms with Crippen LogP contribution in [0.4, 0.5) is 5.95 Å². The number of nitrogens with zero attached hydrogens (tertiary/aromatic N) is 3. The lowest BCUT2D eigenvalue weighted by molar-refractivity contribution is 0.0663. The van der Waals surface area contributed by atoms with E-state index in [1.165, 1.54) is 6.20 Å². The van der Waals surface area contributed by atoms with Crippen molar-refractivity contribution in [2.24, 2.45) is 0 Å². The van der Waals surface area contributed by atoms with E-state index >= 15 is 0 Å². The first-order valence-corrected chi connectivity index (χ1v) is 7.52. The Balaban J connectivity index is 1.56. The summed E-state index contributed by atoms with van der Waals surface area (Å²) in [4.78, 5) is 24.4. The molecule has 3 rings (SSSR count). The van der Waals surface area contributed by atoms with E-state index in [0.29, 0.717) is 18.1 Å². The monoisotopic (exact) mass is 314 g/mol. The highest BCUT2D eigenvalue weighted by molar-refractivity contribution is 6.03. The molecule has 1 aliphatic rings. The van der Waals surface area contributed by atoms with Gasteiger partial charge in [0.15, 0.2) is 0 Å². The summed E-state index contributed by atoms with van der Waals surface area (Å²) in [5.41, 5.74) is 1.20. The number of ether oxygens (including phenoxy) is 2. The first-order valence-electron chi connectivity index (χ1n) is 7.52. The number of rotatable bonds is 5. The molecule has 0 aromatic carbocycles. The largest absolute Gasteiger partial charge is 0.475 e. The number of aromatic nitrogens is 3. The number of carbonyl (C=O) groups excluding carboxylic acids is 1. The standard InChI is InChI=1S/C16H18N4O3/c1-11-6-7-17-16(19-11)20-15(21)12-4-5-14(18-9-12)23-10-13-3-2-8-22-13/h4-7,9,13H,2-3,8,10H2,1H3,(H,17,19,20,21). The SMILES string of the molecule is Cc1ccnc(NC(=O)c2ccc(OCC3CCCO3)nc2)n1. The van der Waals surface area contributed by atoms with E-state index in [2.05, 4.69) is 20.3 Å². The molecule has 120 valence electrons. The van der Waals surface area contributed by atoms with E-state index in [4.69, 9.17) is 9.47 Å². The van der Waals surface area contributed by atoms with Crippen molar-refractivity contribution in [2.45, 2.75) is 25.9 Å². The molecule has 1 amide bonds. The van der Waals surface area contributed by atoms with Gasteiger partial charge in [0, 0.05) is 30.8 Å². The molecule has 0 bridgehead atoms. The molecule has 1 atom stereocenters. The summed E-state index contributed by atoms with van der Waals surface area (Å²) in [5.74, 6) is 0.436. The number of hydrogen-bond donors (Lipinski definition) is 1. The second-order valence-electron chi connectivity index (χ2n) is 5.31. The Hall–Kier alpha value is -2.54. The Morgan fingerprint density at radius 2 is 2.30 bits per heavy atom. The van der Waals surface area contributed by atoms with Gasteiger partial charge in [-0.1, -0.05) is 0 Å². The Morgan fingerprint density at radius 3 is 3.00 bits per heavy atom. The second-order valence-corrected chi connectivity index (χ2v) is 5.31. The molecule has 2 aromatic rings. The molecule has 1 fully saturated rings. The molecule has 1 aliphatic heterocycles. The number of aryl methyl sites for hydroxylation is 1. The molecule has 1 unspecified atom stereocenters. The van der Waals surface area contributed by atoms with Crippen molar-refractivity contribution in [3.8, 4) is 5.88 Å². The van der Waals surface area contributed by atoms with E-state index in [9.17, 15) is 4.79 Å². The van der Waals surface area contributed by atoms with Crippen LogP contribution < -0.4 is 10.1 Å². The van der Waals surface area contributed by atoms with Gasteiger partial charge < -0.3 is 9.47 Å². The molecule has 1 saturated heterocycles. The molecular formula is C16H18N4O3. The first kappa shape index (κ1) is 15.4. The highest BCUT2D eigenvalue weighted by Gasteiger charge is 2.16. The van der Waals surface area contributed by atoms with Crippen molar-refractivity contribution in [3.05, 3.63) is 41.9 Å². The van der Waals surface area contributed by atoms with Crippen molar-refractivity contribution < 1.29 is 14.3 Å². The van der Waals surface area contributed by atoms with Gasteiger partial charge in [-0.3, -0.25) is 10.1 Å². The van der Waals surface area contributed by atoms with Gasteiger partial charge in [-0.15, -0.1) is 0 Å². The van der Waals surface area contributed by atoms with Gasteiger partial charge in [-0.2, -0.15) is 0 Å². The van der Waals surface area contributed by atoms with Gasteiger partial charge in [-0.25, -0.2) is 15.0 Å². The molecule has 7 heteroatoms. The molecule has 0 aliphatic carbocycles. The summed E-state index contributed by atoms with van der Waals surface area (Å²) in [6.07, 6.45) is 5.28. The van der Waals surface area contributed by atoms with Crippen LogP contribution >= 0.6 is 0 Å². The number of nitrogens with one attached hydrogen (secondary N) is 1. The Morgan fingerprint density at radius 1 is 1.39 bits per heavy atom. The van der Waals surface area contributed by atoms with Crippen molar-refractivity contribution in [2.75, 3.05) is 18.5 Å². The first-order chi connectivity index (χ1) is 11.2. The van der Waals surface area contributed by atoms with Crippen LogP contribution in [0.25, 0.3) is 0 Å². The number of carbonyl (C=O) groups is 1. The lowest BCUT2D eigenvalue weighted by atomic mass is 10.2. The van der Waals surface area contributed by atoms with Gasteiger partial charge in [-0.05, 0) is 31.9 Å². The fraction of sp³-hybridized carbons (Fsp3) is 0.375. The average molecular weight is 314 g/mol. The maximum atomic E-state index is 12.1. The topological polar surface area (TPSA) is 86.2 Å². The van der Waals surface area contributed by atoms with Crippen molar-refractivity contribution >= 4 is 11.9 Å². The van der Waals surface area contributed by atoms with Gasteiger partial charge in [0.2, 0.25) is 11.8 Å². The summed E-state index contributed by atoms with van der Waals surface area (Å²) < 4.78 is 11.0. The maximum absolute atomic E-state index is 12.1. The van der Waals surface area contributed by atoms with Crippen LogP contribution in [0.3, 0.4) is 0 Å². The molecule has 0 spiro atoms. The van der Waals surface area contributed by atoms with Crippen molar-refractivity contribution in [3.63, 3.8) is 0 Å². The number of amides is 1. The molecule has 1 N–H and O–H groups in total. The minimum Gasteiger partial charge on any atom is -0.475 e. The van der Waals surface area contributed by atoms with E-state index in [1.807, 2.05) is 6.92 Å².